The topological polar surface area (TPSA) is 77.5 Å². The molecule has 1 aromatic heterocycles. The van der Waals surface area contributed by atoms with Gasteiger partial charge in [0.05, 0.1) is 19.1 Å². The van der Waals surface area contributed by atoms with Crippen LogP contribution in [0.5, 0.6) is 0 Å². The number of thiazole rings is 1. The van der Waals surface area contributed by atoms with E-state index in [0.717, 1.165) is 5.01 Å². The molecular formula is C18H28N2O4S. The molecule has 140 valence electrons. The van der Waals surface area contributed by atoms with E-state index in [2.05, 4.69) is 24.1 Å². The van der Waals surface area contributed by atoms with Crippen LogP contribution in [0.25, 0.3) is 0 Å². The third kappa shape index (κ3) is 4.58. The predicted octanol–water partition coefficient (Wildman–Crippen LogP) is 3.09. The van der Waals surface area contributed by atoms with Gasteiger partial charge in [0.15, 0.2) is 0 Å². The fourth-order valence-corrected chi connectivity index (χ4v) is 4.14. The Morgan fingerprint density at radius 2 is 2.12 bits per heavy atom. The molecule has 25 heavy (non-hydrogen) atoms. The summed E-state index contributed by atoms with van der Waals surface area (Å²) in [6, 6.07) is -0.348. The number of nitrogens with one attached hydrogen (secondary N) is 1. The lowest BCUT2D eigenvalue weighted by atomic mass is 9.84. The summed E-state index contributed by atoms with van der Waals surface area (Å²) >= 11 is 1.46. The molecule has 7 heteroatoms. The van der Waals surface area contributed by atoms with Crippen molar-refractivity contribution in [3.05, 3.63) is 16.6 Å². The molecule has 0 unspecified atom stereocenters. The third-order valence-corrected chi connectivity index (χ3v) is 5.03. The van der Waals surface area contributed by atoms with E-state index in [4.69, 9.17) is 9.47 Å². The monoisotopic (exact) mass is 368 g/mol. The minimum Gasteiger partial charge on any atom is -0.469 e. The van der Waals surface area contributed by atoms with Crippen LogP contribution in [0.1, 0.15) is 58.5 Å². The van der Waals surface area contributed by atoms with Gasteiger partial charge >= 0.3 is 11.9 Å². The molecule has 0 radical (unpaired) electrons. The van der Waals surface area contributed by atoms with E-state index in [-0.39, 0.29) is 23.9 Å². The summed E-state index contributed by atoms with van der Waals surface area (Å²) in [6.07, 6.45) is 2.63. The van der Waals surface area contributed by atoms with Crippen molar-refractivity contribution < 1.29 is 19.1 Å². The van der Waals surface area contributed by atoms with Crippen molar-refractivity contribution >= 4 is 23.3 Å². The maximum atomic E-state index is 13.0. The quantitative estimate of drug-likeness (QED) is 0.805. The van der Waals surface area contributed by atoms with Crippen LogP contribution in [-0.4, -0.2) is 35.2 Å². The van der Waals surface area contributed by atoms with Gasteiger partial charge in [-0.05, 0) is 39.5 Å². The molecule has 6 nitrogen and oxygen atoms in total. The van der Waals surface area contributed by atoms with Gasteiger partial charge in [-0.15, -0.1) is 11.3 Å². The Morgan fingerprint density at radius 1 is 1.44 bits per heavy atom. The Bertz CT molecular complexity index is 609. The summed E-state index contributed by atoms with van der Waals surface area (Å²) in [4.78, 5) is 29.7. The summed E-state index contributed by atoms with van der Waals surface area (Å²) in [5.74, 6) is -0.862. The average Bonchev–Trinajstić information content (AvgIpc) is 3.11. The highest BCUT2D eigenvalue weighted by atomic mass is 32.1. The van der Waals surface area contributed by atoms with Crippen molar-refractivity contribution in [3.8, 4) is 0 Å². The Balaban J connectivity index is 2.39. The number of hydrogen-bond donors (Lipinski definition) is 1. The Hall–Kier alpha value is -1.47. The van der Waals surface area contributed by atoms with Crippen molar-refractivity contribution in [2.75, 3.05) is 7.11 Å². The first kappa shape index (κ1) is 19.8. The maximum Gasteiger partial charge on any atom is 0.326 e. The Kier molecular flexibility index (Phi) is 5.89. The maximum absolute atomic E-state index is 13.0. The number of aromatic nitrogens is 1. The fraction of sp³-hybridized carbons (Fsp3) is 0.722. The predicted molar refractivity (Wildman–Crippen MR) is 96.1 cm³/mol. The van der Waals surface area contributed by atoms with Crippen molar-refractivity contribution in [3.63, 3.8) is 0 Å². The minimum atomic E-state index is -0.920. The van der Waals surface area contributed by atoms with Gasteiger partial charge in [-0.1, -0.05) is 13.8 Å². The summed E-state index contributed by atoms with van der Waals surface area (Å²) in [6.45, 7) is 9.65. The van der Waals surface area contributed by atoms with Crippen LogP contribution in [0.4, 0.5) is 0 Å². The lowest BCUT2D eigenvalue weighted by molar-refractivity contribution is -0.163. The molecule has 0 amide bonds. The highest BCUT2D eigenvalue weighted by Gasteiger charge is 2.55. The average molecular weight is 368 g/mol. The van der Waals surface area contributed by atoms with Gasteiger partial charge in [0.25, 0.3) is 0 Å². The number of hydrogen-bond acceptors (Lipinski definition) is 7. The molecule has 2 heterocycles. The molecule has 0 saturated carbocycles. The van der Waals surface area contributed by atoms with E-state index in [1.165, 1.54) is 18.4 Å². The molecule has 1 N–H and O–H groups in total. The molecular weight excluding hydrogens is 340 g/mol. The highest BCUT2D eigenvalue weighted by molar-refractivity contribution is 7.09. The van der Waals surface area contributed by atoms with Gasteiger partial charge in [-0.3, -0.25) is 14.9 Å². The number of carbonyl (C=O) groups excluding carboxylic acids is 2. The number of nitrogens with zero attached hydrogens (tertiary/aromatic N) is 1. The second-order valence-corrected chi connectivity index (χ2v) is 8.93. The lowest BCUT2D eigenvalue weighted by Gasteiger charge is -2.33. The molecule has 0 aromatic carbocycles. The first-order valence-corrected chi connectivity index (χ1v) is 9.44. The zero-order chi connectivity index (χ0) is 18.8. The summed E-state index contributed by atoms with van der Waals surface area (Å²) in [5.41, 5.74) is -1.51. The van der Waals surface area contributed by atoms with Gasteiger partial charge in [0.1, 0.15) is 16.1 Å². The zero-order valence-corrected chi connectivity index (χ0v) is 16.6. The largest absolute Gasteiger partial charge is 0.469 e. The summed E-state index contributed by atoms with van der Waals surface area (Å²) in [7, 11) is 1.37. The van der Waals surface area contributed by atoms with Crippen LogP contribution in [0.2, 0.25) is 0 Å². The van der Waals surface area contributed by atoms with E-state index in [1.54, 1.807) is 6.20 Å². The van der Waals surface area contributed by atoms with E-state index >= 15 is 0 Å². The van der Waals surface area contributed by atoms with Gasteiger partial charge in [0, 0.05) is 11.6 Å². The first-order valence-electron chi connectivity index (χ1n) is 8.56. The lowest BCUT2D eigenvalue weighted by Crippen LogP contribution is -2.52. The molecule has 2 rings (SSSR count). The second-order valence-electron chi connectivity index (χ2n) is 8.01. The molecule has 1 saturated heterocycles. The van der Waals surface area contributed by atoms with E-state index in [9.17, 15) is 9.59 Å². The molecule has 1 aromatic rings. The van der Waals surface area contributed by atoms with Crippen LogP contribution < -0.4 is 5.32 Å². The van der Waals surface area contributed by atoms with Crippen molar-refractivity contribution in [2.45, 2.75) is 64.6 Å². The number of esters is 2. The van der Waals surface area contributed by atoms with E-state index < -0.39 is 17.1 Å². The van der Waals surface area contributed by atoms with E-state index in [1.807, 2.05) is 26.2 Å². The van der Waals surface area contributed by atoms with Crippen molar-refractivity contribution in [2.24, 2.45) is 11.8 Å². The summed E-state index contributed by atoms with van der Waals surface area (Å²) < 4.78 is 10.7. The van der Waals surface area contributed by atoms with Gasteiger partial charge in [-0.25, -0.2) is 4.98 Å². The van der Waals surface area contributed by atoms with Crippen LogP contribution in [-0.2, 0) is 19.1 Å². The Labute approximate surface area is 153 Å². The Morgan fingerprint density at radius 3 is 2.60 bits per heavy atom. The normalized spacial score (nSPS) is 26.7. The number of rotatable bonds is 5. The van der Waals surface area contributed by atoms with Crippen LogP contribution in [0.3, 0.4) is 0 Å². The standard InChI is InChI=1S/C18H28N2O4S/c1-11(2)9-18(16(22)24-17(3,4)5)10-12(15(21)23-6)13(20-18)14-19-7-8-25-14/h7-8,11-13,20H,9-10H2,1-6H3/t12-,13+,18-/m0/s1. The molecule has 1 aliphatic rings. The second kappa shape index (κ2) is 7.41. The van der Waals surface area contributed by atoms with Gasteiger partial charge in [-0.2, -0.15) is 0 Å². The molecule has 3 atom stereocenters. The number of carbonyl (C=O) groups is 2. The fourth-order valence-electron chi connectivity index (χ4n) is 3.38. The zero-order valence-electron chi connectivity index (χ0n) is 15.8. The highest BCUT2D eigenvalue weighted by Crippen LogP contribution is 2.43. The molecule has 1 aliphatic heterocycles. The van der Waals surface area contributed by atoms with Crippen LogP contribution >= 0.6 is 11.3 Å². The smallest absolute Gasteiger partial charge is 0.326 e. The molecule has 1 fully saturated rings. The van der Waals surface area contributed by atoms with Gasteiger partial charge in [0.2, 0.25) is 0 Å². The molecule has 0 spiro atoms. The van der Waals surface area contributed by atoms with Crippen molar-refractivity contribution in [1.82, 2.24) is 10.3 Å². The molecule has 0 aliphatic carbocycles. The van der Waals surface area contributed by atoms with Crippen LogP contribution in [0.15, 0.2) is 11.6 Å². The van der Waals surface area contributed by atoms with Gasteiger partial charge < -0.3 is 9.47 Å². The van der Waals surface area contributed by atoms with Crippen molar-refractivity contribution in [1.29, 1.82) is 0 Å². The summed E-state index contributed by atoms with van der Waals surface area (Å²) in [5, 5.41) is 6.04. The minimum absolute atomic E-state index is 0.258. The van der Waals surface area contributed by atoms with E-state index in [0.29, 0.717) is 12.8 Å². The number of methoxy groups -OCH3 is 1. The van der Waals surface area contributed by atoms with Crippen LogP contribution in [0, 0.1) is 11.8 Å². The number of ether oxygens (including phenoxy) is 2. The molecule has 0 bridgehead atoms. The third-order valence-electron chi connectivity index (χ3n) is 4.17. The first-order chi connectivity index (χ1) is 11.6. The SMILES string of the molecule is COC(=O)[C@H]1C[C@@](CC(C)C)(C(=O)OC(C)(C)C)N[C@H]1c1nccs1.